The van der Waals surface area contributed by atoms with Gasteiger partial charge in [-0.25, -0.2) is 4.98 Å². The van der Waals surface area contributed by atoms with Gasteiger partial charge >= 0.3 is 0 Å². The fraction of sp³-hybridized carbons (Fsp3) is 0.471. The summed E-state index contributed by atoms with van der Waals surface area (Å²) >= 11 is 0. The zero-order valence-electron chi connectivity index (χ0n) is 13.6. The number of carbonyl (C=O) groups excluding carboxylic acids is 1. The number of pyridine rings is 1. The normalized spacial score (nSPS) is 14.8. The van der Waals surface area contributed by atoms with Crippen molar-refractivity contribution < 1.29 is 9.32 Å². The first-order valence-corrected chi connectivity index (χ1v) is 8.06. The zero-order chi connectivity index (χ0) is 16.2. The van der Waals surface area contributed by atoms with Crippen LogP contribution in [0.4, 0.5) is 11.5 Å². The number of anilines is 2. The topological polar surface area (TPSA) is 71.3 Å². The number of amides is 1. The van der Waals surface area contributed by atoms with Crippen LogP contribution in [-0.4, -0.2) is 29.1 Å². The van der Waals surface area contributed by atoms with Crippen LogP contribution >= 0.6 is 0 Å². The van der Waals surface area contributed by atoms with Crippen molar-refractivity contribution in [2.24, 2.45) is 0 Å². The summed E-state index contributed by atoms with van der Waals surface area (Å²) in [5, 5.41) is 6.88. The van der Waals surface area contributed by atoms with E-state index in [1.807, 2.05) is 26.0 Å². The van der Waals surface area contributed by atoms with Gasteiger partial charge in [0, 0.05) is 24.8 Å². The SMILES string of the molecule is Cc1noc(C)c1CC(=O)Nc1cccnc1N1CCCCC1. The molecule has 0 aliphatic carbocycles. The number of aromatic nitrogens is 2. The van der Waals surface area contributed by atoms with Crippen LogP contribution in [0.3, 0.4) is 0 Å². The maximum absolute atomic E-state index is 12.4. The third kappa shape index (κ3) is 3.52. The van der Waals surface area contributed by atoms with Gasteiger partial charge < -0.3 is 14.7 Å². The molecule has 2 aromatic rings. The Morgan fingerprint density at radius 3 is 2.78 bits per heavy atom. The highest BCUT2D eigenvalue weighted by molar-refractivity contribution is 5.95. The van der Waals surface area contributed by atoms with E-state index in [0.717, 1.165) is 35.9 Å². The second-order valence-corrected chi connectivity index (χ2v) is 5.95. The largest absolute Gasteiger partial charge is 0.361 e. The molecule has 3 rings (SSSR count). The first-order chi connectivity index (χ1) is 11.1. The van der Waals surface area contributed by atoms with Crippen LogP contribution in [0, 0.1) is 13.8 Å². The van der Waals surface area contributed by atoms with Gasteiger partial charge in [0.1, 0.15) is 5.76 Å². The molecule has 0 aromatic carbocycles. The van der Waals surface area contributed by atoms with Gasteiger partial charge in [-0.15, -0.1) is 0 Å². The molecule has 6 nitrogen and oxygen atoms in total. The summed E-state index contributed by atoms with van der Waals surface area (Å²) in [6.45, 7) is 5.65. The van der Waals surface area contributed by atoms with Gasteiger partial charge in [0.25, 0.3) is 0 Å². The van der Waals surface area contributed by atoms with Crippen LogP contribution in [0.2, 0.25) is 0 Å². The highest BCUT2D eigenvalue weighted by atomic mass is 16.5. The lowest BCUT2D eigenvalue weighted by molar-refractivity contribution is -0.115. The second-order valence-electron chi connectivity index (χ2n) is 5.95. The van der Waals surface area contributed by atoms with E-state index in [2.05, 4.69) is 20.4 Å². The lowest BCUT2D eigenvalue weighted by Crippen LogP contribution is -2.31. The van der Waals surface area contributed by atoms with Crippen LogP contribution < -0.4 is 10.2 Å². The van der Waals surface area contributed by atoms with E-state index in [9.17, 15) is 4.79 Å². The Kier molecular flexibility index (Phi) is 4.60. The Hall–Kier alpha value is -2.37. The quantitative estimate of drug-likeness (QED) is 0.939. The fourth-order valence-corrected chi connectivity index (χ4v) is 2.96. The number of piperidine rings is 1. The highest BCUT2D eigenvalue weighted by Gasteiger charge is 2.18. The Labute approximate surface area is 135 Å². The molecular weight excluding hydrogens is 292 g/mol. The summed E-state index contributed by atoms with van der Waals surface area (Å²) in [6.07, 6.45) is 5.63. The zero-order valence-corrected chi connectivity index (χ0v) is 13.6. The standard InChI is InChI=1S/C17H22N4O2/c1-12-14(13(2)23-20-12)11-16(22)19-15-7-6-8-18-17(15)21-9-4-3-5-10-21/h6-8H,3-5,9-11H2,1-2H3,(H,19,22). The summed E-state index contributed by atoms with van der Waals surface area (Å²) < 4.78 is 5.11. The number of carbonyl (C=O) groups is 1. The third-order valence-electron chi connectivity index (χ3n) is 4.23. The van der Waals surface area contributed by atoms with Gasteiger partial charge in [0.05, 0.1) is 17.8 Å². The van der Waals surface area contributed by atoms with Crippen LogP contribution in [-0.2, 0) is 11.2 Å². The molecule has 1 N–H and O–H groups in total. The molecule has 0 bridgehead atoms. The maximum atomic E-state index is 12.4. The third-order valence-corrected chi connectivity index (χ3v) is 4.23. The van der Waals surface area contributed by atoms with Crippen LogP contribution in [0.5, 0.6) is 0 Å². The number of nitrogens with one attached hydrogen (secondary N) is 1. The molecular formula is C17H22N4O2. The fourth-order valence-electron chi connectivity index (χ4n) is 2.96. The Bertz CT molecular complexity index is 670. The minimum absolute atomic E-state index is 0.0781. The van der Waals surface area contributed by atoms with E-state index in [1.54, 1.807) is 6.20 Å². The summed E-state index contributed by atoms with van der Waals surface area (Å²) in [5.74, 6) is 1.48. The number of nitrogens with zero attached hydrogens (tertiary/aromatic N) is 3. The Balaban J connectivity index is 1.73. The van der Waals surface area contributed by atoms with E-state index < -0.39 is 0 Å². The average molecular weight is 314 g/mol. The molecule has 1 fully saturated rings. The molecule has 0 saturated carbocycles. The van der Waals surface area contributed by atoms with Crippen LogP contribution in [0.1, 0.15) is 36.3 Å². The smallest absolute Gasteiger partial charge is 0.229 e. The molecule has 0 atom stereocenters. The molecule has 23 heavy (non-hydrogen) atoms. The molecule has 0 radical (unpaired) electrons. The van der Waals surface area contributed by atoms with Gasteiger partial charge in [-0.3, -0.25) is 4.79 Å². The monoisotopic (exact) mass is 314 g/mol. The average Bonchev–Trinajstić information content (AvgIpc) is 2.88. The highest BCUT2D eigenvalue weighted by Crippen LogP contribution is 2.26. The maximum Gasteiger partial charge on any atom is 0.229 e. The van der Waals surface area contributed by atoms with Crippen LogP contribution in [0.15, 0.2) is 22.9 Å². The number of hydrogen-bond acceptors (Lipinski definition) is 5. The van der Waals surface area contributed by atoms with Crippen molar-refractivity contribution in [3.63, 3.8) is 0 Å². The Morgan fingerprint density at radius 1 is 1.30 bits per heavy atom. The molecule has 6 heteroatoms. The van der Waals surface area contributed by atoms with Crippen molar-refractivity contribution >= 4 is 17.4 Å². The van der Waals surface area contributed by atoms with Gasteiger partial charge in [-0.2, -0.15) is 0 Å². The van der Waals surface area contributed by atoms with Crippen LogP contribution in [0.25, 0.3) is 0 Å². The van der Waals surface area contributed by atoms with E-state index in [0.29, 0.717) is 5.76 Å². The summed E-state index contributed by atoms with van der Waals surface area (Å²) in [6, 6.07) is 3.75. The van der Waals surface area contributed by atoms with Gasteiger partial charge in [-0.05, 0) is 45.2 Å². The molecule has 0 unspecified atom stereocenters. The summed E-state index contributed by atoms with van der Waals surface area (Å²) in [7, 11) is 0. The predicted octanol–water partition coefficient (Wildman–Crippen LogP) is 2.86. The molecule has 0 spiro atoms. The molecule has 122 valence electrons. The van der Waals surface area contributed by atoms with E-state index in [4.69, 9.17) is 4.52 Å². The van der Waals surface area contributed by atoms with Gasteiger partial charge in [0.15, 0.2) is 5.82 Å². The van der Waals surface area contributed by atoms with E-state index in [-0.39, 0.29) is 12.3 Å². The van der Waals surface area contributed by atoms with E-state index >= 15 is 0 Å². The molecule has 1 amide bonds. The summed E-state index contributed by atoms with van der Waals surface area (Å²) in [4.78, 5) is 19.1. The Morgan fingerprint density at radius 2 is 2.09 bits per heavy atom. The minimum Gasteiger partial charge on any atom is -0.361 e. The first-order valence-electron chi connectivity index (χ1n) is 8.06. The molecule has 3 heterocycles. The van der Waals surface area contributed by atoms with Crippen molar-refractivity contribution in [2.75, 3.05) is 23.3 Å². The molecule has 1 saturated heterocycles. The molecule has 1 aliphatic heterocycles. The van der Waals surface area contributed by atoms with Gasteiger partial charge in [0.2, 0.25) is 5.91 Å². The van der Waals surface area contributed by atoms with Crippen molar-refractivity contribution in [3.8, 4) is 0 Å². The number of hydrogen-bond donors (Lipinski definition) is 1. The van der Waals surface area contributed by atoms with Gasteiger partial charge in [-0.1, -0.05) is 5.16 Å². The molecule has 1 aliphatic rings. The van der Waals surface area contributed by atoms with Crippen molar-refractivity contribution in [1.29, 1.82) is 0 Å². The minimum atomic E-state index is -0.0781. The lowest BCUT2D eigenvalue weighted by Gasteiger charge is -2.29. The van der Waals surface area contributed by atoms with Crippen molar-refractivity contribution in [2.45, 2.75) is 39.5 Å². The summed E-state index contributed by atoms with van der Waals surface area (Å²) in [5.41, 5.74) is 2.39. The number of aryl methyl sites for hydroxylation is 2. The molecule has 2 aromatic heterocycles. The second kappa shape index (κ2) is 6.81. The number of rotatable bonds is 4. The lowest BCUT2D eigenvalue weighted by atomic mass is 10.1. The van der Waals surface area contributed by atoms with Crippen molar-refractivity contribution in [1.82, 2.24) is 10.1 Å². The predicted molar refractivity (Wildman–Crippen MR) is 88.6 cm³/mol. The van der Waals surface area contributed by atoms with E-state index in [1.165, 1.54) is 19.3 Å². The van der Waals surface area contributed by atoms with Crippen molar-refractivity contribution in [3.05, 3.63) is 35.3 Å². The first kappa shape index (κ1) is 15.5.